The molecule has 32 heavy (non-hydrogen) atoms. The standard InChI is InChI=1S/C23H25FN2O5S/c1-31-23(28)20-13-16-7-3-4-8-18(16)15-26(20)22(27)17-9-10-19(24)21(14-17)32(29,30)25-11-5-2-6-12-25/h3-4,7-10,14,20H,2,5-6,11-13,15H2,1H3. The SMILES string of the molecule is COC(=O)C1Cc2ccccc2CN1C(=O)c1ccc(F)c(S(=O)(=O)N2CCCCC2)c1. The number of carbonyl (C=O) groups is 2. The molecule has 1 amide bonds. The first kappa shape index (κ1) is 22.4. The minimum Gasteiger partial charge on any atom is -0.467 e. The van der Waals surface area contributed by atoms with E-state index in [4.69, 9.17) is 4.74 Å². The van der Waals surface area contributed by atoms with Gasteiger partial charge in [0, 0.05) is 31.6 Å². The van der Waals surface area contributed by atoms with Crippen molar-refractivity contribution in [3.8, 4) is 0 Å². The van der Waals surface area contributed by atoms with E-state index in [9.17, 15) is 22.4 Å². The van der Waals surface area contributed by atoms with Gasteiger partial charge in [-0.05, 0) is 42.2 Å². The molecule has 0 radical (unpaired) electrons. The zero-order valence-corrected chi connectivity index (χ0v) is 18.6. The van der Waals surface area contributed by atoms with Gasteiger partial charge in [0.2, 0.25) is 10.0 Å². The number of piperidine rings is 1. The van der Waals surface area contributed by atoms with Crippen LogP contribution in [0.5, 0.6) is 0 Å². The smallest absolute Gasteiger partial charge is 0.328 e. The van der Waals surface area contributed by atoms with E-state index in [-0.39, 0.29) is 18.5 Å². The second kappa shape index (κ2) is 8.99. The molecule has 0 N–H and O–H groups in total. The van der Waals surface area contributed by atoms with Crippen molar-refractivity contribution in [3.63, 3.8) is 0 Å². The molecule has 0 bridgehead atoms. The van der Waals surface area contributed by atoms with Crippen LogP contribution in [0.1, 0.15) is 40.7 Å². The minimum absolute atomic E-state index is 0.00951. The van der Waals surface area contributed by atoms with Gasteiger partial charge in [-0.2, -0.15) is 4.31 Å². The van der Waals surface area contributed by atoms with E-state index in [0.717, 1.165) is 29.7 Å². The highest BCUT2D eigenvalue weighted by Gasteiger charge is 2.37. The second-order valence-corrected chi connectivity index (χ2v) is 9.96. The van der Waals surface area contributed by atoms with E-state index in [2.05, 4.69) is 0 Å². The Kier molecular flexibility index (Phi) is 6.30. The maximum absolute atomic E-state index is 14.6. The van der Waals surface area contributed by atoms with Crippen LogP contribution in [0, 0.1) is 5.82 Å². The highest BCUT2D eigenvalue weighted by atomic mass is 32.2. The molecule has 1 saturated heterocycles. The van der Waals surface area contributed by atoms with Crippen LogP contribution in [-0.2, 0) is 32.5 Å². The van der Waals surface area contributed by atoms with Crippen molar-refractivity contribution in [1.82, 2.24) is 9.21 Å². The average Bonchev–Trinajstić information content (AvgIpc) is 2.83. The Labute approximate surface area is 186 Å². The Morgan fingerprint density at radius 2 is 1.72 bits per heavy atom. The lowest BCUT2D eigenvalue weighted by atomic mass is 9.93. The summed E-state index contributed by atoms with van der Waals surface area (Å²) >= 11 is 0. The predicted molar refractivity (Wildman–Crippen MR) is 115 cm³/mol. The number of rotatable bonds is 4. The highest BCUT2D eigenvalue weighted by Crippen LogP contribution is 2.28. The van der Waals surface area contributed by atoms with E-state index in [0.29, 0.717) is 25.9 Å². The van der Waals surface area contributed by atoms with Gasteiger partial charge in [0.05, 0.1) is 7.11 Å². The van der Waals surface area contributed by atoms with E-state index in [1.807, 2.05) is 24.3 Å². The maximum atomic E-state index is 14.6. The summed E-state index contributed by atoms with van der Waals surface area (Å²) < 4.78 is 46.8. The first-order valence-electron chi connectivity index (χ1n) is 10.6. The van der Waals surface area contributed by atoms with Crippen molar-refractivity contribution in [3.05, 3.63) is 65.0 Å². The normalized spacial score (nSPS) is 19.3. The fourth-order valence-electron chi connectivity index (χ4n) is 4.33. The van der Waals surface area contributed by atoms with Crippen LogP contribution >= 0.6 is 0 Å². The van der Waals surface area contributed by atoms with Crippen molar-refractivity contribution in [2.75, 3.05) is 20.2 Å². The Morgan fingerprint density at radius 1 is 1.03 bits per heavy atom. The van der Waals surface area contributed by atoms with Gasteiger partial charge >= 0.3 is 5.97 Å². The van der Waals surface area contributed by atoms with Gasteiger partial charge in [-0.1, -0.05) is 30.7 Å². The lowest BCUT2D eigenvalue weighted by Gasteiger charge is -2.35. The van der Waals surface area contributed by atoms with Crippen LogP contribution in [-0.4, -0.2) is 55.7 Å². The zero-order chi connectivity index (χ0) is 22.9. The molecule has 7 nitrogen and oxygen atoms in total. The molecule has 2 aliphatic rings. The van der Waals surface area contributed by atoms with Crippen LogP contribution in [0.15, 0.2) is 47.4 Å². The number of halogens is 1. The van der Waals surface area contributed by atoms with Gasteiger partial charge in [-0.3, -0.25) is 4.79 Å². The van der Waals surface area contributed by atoms with Crippen LogP contribution < -0.4 is 0 Å². The molecule has 2 aliphatic heterocycles. The number of hydrogen-bond donors (Lipinski definition) is 0. The van der Waals surface area contributed by atoms with E-state index < -0.39 is 38.7 Å². The summed E-state index contributed by atoms with van der Waals surface area (Å²) in [4.78, 5) is 26.7. The van der Waals surface area contributed by atoms with Gasteiger partial charge in [0.25, 0.3) is 5.91 Å². The largest absolute Gasteiger partial charge is 0.467 e. The topological polar surface area (TPSA) is 84.0 Å². The summed E-state index contributed by atoms with van der Waals surface area (Å²) in [6.45, 7) is 0.820. The quantitative estimate of drug-likeness (QED) is 0.655. The summed E-state index contributed by atoms with van der Waals surface area (Å²) in [5.41, 5.74) is 1.85. The molecule has 1 atom stereocenters. The molecule has 1 fully saturated rings. The van der Waals surface area contributed by atoms with Crippen molar-refractivity contribution in [1.29, 1.82) is 0 Å². The first-order valence-corrected chi connectivity index (χ1v) is 12.0. The van der Waals surface area contributed by atoms with E-state index in [1.54, 1.807) is 0 Å². The Hall–Kier alpha value is -2.78. The molecule has 4 rings (SSSR count). The molecule has 9 heteroatoms. The molecular weight excluding hydrogens is 435 g/mol. The number of nitrogens with zero attached hydrogens (tertiary/aromatic N) is 2. The third-order valence-corrected chi connectivity index (χ3v) is 8.01. The third kappa shape index (κ3) is 4.14. The number of amides is 1. The molecule has 0 saturated carbocycles. The molecule has 2 aromatic rings. The number of ether oxygens (including phenoxy) is 1. The number of benzene rings is 2. The van der Waals surface area contributed by atoms with Crippen molar-refractivity contribution in [2.24, 2.45) is 0 Å². The fraction of sp³-hybridized carbons (Fsp3) is 0.391. The molecule has 0 aromatic heterocycles. The molecule has 2 aromatic carbocycles. The van der Waals surface area contributed by atoms with Gasteiger partial charge < -0.3 is 9.64 Å². The van der Waals surface area contributed by atoms with E-state index in [1.165, 1.54) is 22.4 Å². The minimum atomic E-state index is -4.07. The summed E-state index contributed by atoms with van der Waals surface area (Å²) in [6.07, 6.45) is 2.65. The lowest BCUT2D eigenvalue weighted by molar-refractivity contribution is -0.146. The second-order valence-electron chi connectivity index (χ2n) is 8.05. The predicted octanol–water partition coefficient (Wildman–Crippen LogP) is 2.74. The van der Waals surface area contributed by atoms with Crippen LogP contribution in [0.25, 0.3) is 0 Å². The first-order chi connectivity index (χ1) is 15.3. The molecular formula is C23H25FN2O5S. The number of carbonyl (C=O) groups excluding carboxylic acids is 2. The zero-order valence-electron chi connectivity index (χ0n) is 17.8. The molecule has 2 heterocycles. The maximum Gasteiger partial charge on any atom is 0.328 e. The molecule has 0 spiro atoms. The number of methoxy groups -OCH3 is 1. The van der Waals surface area contributed by atoms with Crippen LogP contribution in [0.4, 0.5) is 4.39 Å². The third-order valence-electron chi connectivity index (χ3n) is 6.09. The number of sulfonamides is 1. The number of fused-ring (bicyclic) bond motifs is 1. The molecule has 1 unspecified atom stereocenters. The van der Waals surface area contributed by atoms with Gasteiger partial charge in [0.15, 0.2) is 0 Å². The van der Waals surface area contributed by atoms with Gasteiger partial charge in [0.1, 0.15) is 16.8 Å². The van der Waals surface area contributed by atoms with Gasteiger partial charge in [-0.15, -0.1) is 0 Å². The highest BCUT2D eigenvalue weighted by molar-refractivity contribution is 7.89. The van der Waals surface area contributed by atoms with Gasteiger partial charge in [-0.25, -0.2) is 17.6 Å². The Morgan fingerprint density at radius 3 is 2.41 bits per heavy atom. The Bertz CT molecular complexity index is 1140. The molecule has 0 aliphatic carbocycles. The monoisotopic (exact) mass is 460 g/mol. The van der Waals surface area contributed by atoms with E-state index >= 15 is 0 Å². The van der Waals surface area contributed by atoms with Crippen LogP contribution in [0.3, 0.4) is 0 Å². The summed E-state index contributed by atoms with van der Waals surface area (Å²) in [5, 5.41) is 0. The molecule has 170 valence electrons. The summed E-state index contributed by atoms with van der Waals surface area (Å²) in [5.74, 6) is -2.01. The summed E-state index contributed by atoms with van der Waals surface area (Å²) in [6, 6.07) is 9.96. The van der Waals surface area contributed by atoms with Crippen molar-refractivity contribution >= 4 is 21.9 Å². The van der Waals surface area contributed by atoms with Crippen molar-refractivity contribution in [2.45, 2.75) is 43.2 Å². The average molecular weight is 461 g/mol. The number of esters is 1. The van der Waals surface area contributed by atoms with Crippen LogP contribution in [0.2, 0.25) is 0 Å². The fourth-order valence-corrected chi connectivity index (χ4v) is 5.93. The lowest BCUT2D eigenvalue weighted by Crippen LogP contribution is -2.49. The van der Waals surface area contributed by atoms with Crippen molar-refractivity contribution < 1.29 is 27.1 Å². The number of hydrogen-bond acceptors (Lipinski definition) is 5. The Balaban J connectivity index is 1.69. The summed E-state index contributed by atoms with van der Waals surface area (Å²) in [7, 11) is -2.81.